The fourth-order valence-electron chi connectivity index (χ4n) is 1.84. The monoisotopic (exact) mass is 288 g/mol. The molecule has 0 saturated carbocycles. The largest absolute Gasteiger partial charge is 0.493 e. The zero-order valence-electron chi connectivity index (χ0n) is 11.8. The standard InChI is InChI=1S/C15H16N2O4/c1-19-13-6-7-17-12(14(13)20-2)9-21-15(18)10-4-3-5-11(16)8-10/h3-8H,9,16H2,1-2H3. The highest BCUT2D eigenvalue weighted by Crippen LogP contribution is 2.29. The van der Waals surface area contributed by atoms with Crippen LogP contribution in [-0.2, 0) is 11.3 Å². The maximum Gasteiger partial charge on any atom is 0.338 e. The van der Waals surface area contributed by atoms with Crippen LogP contribution in [0.1, 0.15) is 16.1 Å². The lowest BCUT2D eigenvalue weighted by Crippen LogP contribution is -2.08. The number of methoxy groups -OCH3 is 2. The molecule has 6 nitrogen and oxygen atoms in total. The second-order valence-electron chi connectivity index (χ2n) is 4.19. The summed E-state index contributed by atoms with van der Waals surface area (Å²) in [6.07, 6.45) is 1.56. The van der Waals surface area contributed by atoms with E-state index < -0.39 is 5.97 Å². The Morgan fingerprint density at radius 2 is 2.05 bits per heavy atom. The van der Waals surface area contributed by atoms with E-state index in [1.54, 1.807) is 36.5 Å². The maximum atomic E-state index is 11.9. The molecular formula is C15H16N2O4. The minimum absolute atomic E-state index is 0.0198. The molecule has 110 valence electrons. The van der Waals surface area contributed by atoms with Crippen LogP contribution in [0.5, 0.6) is 11.5 Å². The summed E-state index contributed by atoms with van der Waals surface area (Å²) in [5, 5.41) is 0. The molecule has 0 aliphatic rings. The van der Waals surface area contributed by atoms with E-state index in [2.05, 4.69) is 4.98 Å². The number of benzene rings is 1. The van der Waals surface area contributed by atoms with Gasteiger partial charge < -0.3 is 19.9 Å². The van der Waals surface area contributed by atoms with Crippen LogP contribution in [0.3, 0.4) is 0 Å². The summed E-state index contributed by atoms with van der Waals surface area (Å²) in [6, 6.07) is 8.25. The van der Waals surface area contributed by atoms with Gasteiger partial charge in [0, 0.05) is 18.0 Å². The molecular weight excluding hydrogens is 272 g/mol. The van der Waals surface area contributed by atoms with Gasteiger partial charge in [0.2, 0.25) is 0 Å². The number of hydrogen-bond donors (Lipinski definition) is 1. The third-order valence-electron chi connectivity index (χ3n) is 2.83. The first kappa shape index (κ1) is 14.6. The molecule has 0 spiro atoms. The number of carbonyl (C=O) groups excluding carboxylic acids is 1. The molecule has 0 amide bonds. The van der Waals surface area contributed by atoms with Crippen LogP contribution in [0.2, 0.25) is 0 Å². The number of nitrogen functional groups attached to an aromatic ring is 1. The number of pyridine rings is 1. The van der Waals surface area contributed by atoms with E-state index in [0.717, 1.165) is 0 Å². The molecule has 0 bridgehead atoms. The molecule has 0 unspecified atom stereocenters. The van der Waals surface area contributed by atoms with Crippen LogP contribution < -0.4 is 15.2 Å². The zero-order valence-corrected chi connectivity index (χ0v) is 11.8. The lowest BCUT2D eigenvalue weighted by atomic mass is 10.2. The fraction of sp³-hybridized carbons (Fsp3) is 0.200. The number of esters is 1. The van der Waals surface area contributed by atoms with E-state index in [1.807, 2.05) is 0 Å². The molecule has 21 heavy (non-hydrogen) atoms. The van der Waals surface area contributed by atoms with E-state index in [-0.39, 0.29) is 6.61 Å². The van der Waals surface area contributed by atoms with E-state index in [0.29, 0.717) is 28.4 Å². The summed E-state index contributed by atoms with van der Waals surface area (Å²) in [5.41, 5.74) is 7.00. The first-order valence-electron chi connectivity index (χ1n) is 6.24. The lowest BCUT2D eigenvalue weighted by Gasteiger charge is -2.11. The molecule has 2 aromatic rings. The molecule has 2 N–H and O–H groups in total. The number of ether oxygens (including phenoxy) is 3. The van der Waals surface area contributed by atoms with Crippen LogP contribution in [-0.4, -0.2) is 25.2 Å². The Bertz CT molecular complexity index is 643. The van der Waals surface area contributed by atoms with Crippen LogP contribution in [0.15, 0.2) is 36.5 Å². The highest BCUT2D eigenvalue weighted by Gasteiger charge is 2.14. The van der Waals surface area contributed by atoms with Crippen molar-refractivity contribution >= 4 is 11.7 Å². The molecule has 1 heterocycles. The molecule has 0 saturated heterocycles. The third kappa shape index (κ3) is 3.42. The molecule has 6 heteroatoms. The number of nitrogens with zero attached hydrogens (tertiary/aromatic N) is 1. The van der Waals surface area contributed by atoms with Crippen molar-refractivity contribution in [3.05, 3.63) is 47.8 Å². The van der Waals surface area contributed by atoms with Gasteiger partial charge in [0.05, 0.1) is 19.8 Å². The Balaban J connectivity index is 2.11. The topological polar surface area (TPSA) is 83.7 Å². The SMILES string of the molecule is COc1ccnc(COC(=O)c2cccc(N)c2)c1OC. The highest BCUT2D eigenvalue weighted by atomic mass is 16.5. The van der Waals surface area contributed by atoms with Crippen LogP contribution in [0.4, 0.5) is 5.69 Å². The maximum absolute atomic E-state index is 11.9. The second-order valence-corrected chi connectivity index (χ2v) is 4.19. The van der Waals surface area contributed by atoms with Crippen molar-refractivity contribution in [2.45, 2.75) is 6.61 Å². The summed E-state index contributed by atoms with van der Waals surface area (Å²) >= 11 is 0. The van der Waals surface area contributed by atoms with E-state index in [4.69, 9.17) is 19.9 Å². The number of aromatic nitrogens is 1. The van der Waals surface area contributed by atoms with Gasteiger partial charge in [0.15, 0.2) is 11.5 Å². The third-order valence-corrected chi connectivity index (χ3v) is 2.83. The Morgan fingerprint density at radius 1 is 1.24 bits per heavy atom. The number of carbonyl (C=O) groups is 1. The number of rotatable bonds is 5. The Hall–Kier alpha value is -2.76. The van der Waals surface area contributed by atoms with Gasteiger partial charge in [-0.25, -0.2) is 4.79 Å². The van der Waals surface area contributed by atoms with Gasteiger partial charge in [-0.05, 0) is 18.2 Å². The quantitative estimate of drug-likeness (QED) is 0.669. The Morgan fingerprint density at radius 3 is 2.71 bits per heavy atom. The highest BCUT2D eigenvalue weighted by molar-refractivity contribution is 5.90. The van der Waals surface area contributed by atoms with Crippen molar-refractivity contribution in [3.63, 3.8) is 0 Å². The number of hydrogen-bond acceptors (Lipinski definition) is 6. The van der Waals surface area contributed by atoms with Crippen molar-refractivity contribution in [2.24, 2.45) is 0 Å². The molecule has 0 fully saturated rings. The van der Waals surface area contributed by atoms with Gasteiger partial charge in [-0.3, -0.25) is 4.98 Å². The van der Waals surface area contributed by atoms with Gasteiger partial charge in [-0.1, -0.05) is 6.07 Å². The molecule has 0 aliphatic carbocycles. The summed E-state index contributed by atoms with van der Waals surface area (Å²) in [5.74, 6) is 0.497. The van der Waals surface area contributed by atoms with Gasteiger partial charge >= 0.3 is 5.97 Å². The molecule has 0 radical (unpaired) electrons. The summed E-state index contributed by atoms with van der Waals surface area (Å²) < 4.78 is 15.6. The molecule has 0 aliphatic heterocycles. The fourth-order valence-corrected chi connectivity index (χ4v) is 1.84. The van der Waals surface area contributed by atoms with Crippen molar-refractivity contribution < 1.29 is 19.0 Å². The normalized spacial score (nSPS) is 10.0. The van der Waals surface area contributed by atoms with Crippen molar-refractivity contribution in [2.75, 3.05) is 20.0 Å². The van der Waals surface area contributed by atoms with Crippen molar-refractivity contribution in [3.8, 4) is 11.5 Å². The van der Waals surface area contributed by atoms with Crippen LogP contribution in [0.25, 0.3) is 0 Å². The predicted octanol–water partition coefficient (Wildman–Crippen LogP) is 2.04. The van der Waals surface area contributed by atoms with Gasteiger partial charge in [0.25, 0.3) is 0 Å². The Labute approximate surface area is 122 Å². The number of nitrogens with two attached hydrogens (primary N) is 1. The summed E-state index contributed by atoms with van der Waals surface area (Å²) in [4.78, 5) is 16.1. The van der Waals surface area contributed by atoms with Crippen LogP contribution in [0, 0.1) is 0 Å². The average molecular weight is 288 g/mol. The van der Waals surface area contributed by atoms with E-state index in [9.17, 15) is 4.79 Å². The molecule has 1 aromatic heterocycles. The molecule has 1 aromatic carbocycles. The van der Waals surface area contributed by atoms with E-state index >= 15 is 0 Å². The number of anilines is 1. The Kier molecular flexibility index (Phi) is 4.61. The molecule has 2 rings (SSSR count). The minimum Gasteiger partial charge on any atom is -0.493 e. The summed E-state index contributed by atoms with van der Waals surface area (Å²) in [6.45, 7) is -0.0198. The van der Waals surface area contributed by atoms with Gasteiger partial charge in [-0.2, -0.15) is 0 Å². The van der Waals surface area contributed by atoms with Crippen LogP contribution >= 0.6 is 0 Å². The summed E-state index contributed by atoms with van der Waals surface area (Å²) in [7, 11) is 3.03. The smallest absolute Gasteiger partial charge is 0.338 e. The van der Waals surface area contributed by atoms with Gasteiger partial charge in [-0.15, -0.1) is 0 Å². The first-order valence-corrected chi connectivity index (χ1v) is 6.24. The van der Waals surface area contributed by atoms with Crippen molar-refractivity contribution in [1.82, 2.24) is 4.98 Å². The average Bonchev–Trinajstić information content (AvgIpc) is 2.51. The van der Waals surface area contributed by atoms with Crippen molar-refractivity contribution in [1.29, 1.82) is 0 Å². The zero-order chi connectivity index (χ0) is 15.2. The predicted molar refractivity (Wildman–Crippen MR) is 77.3 cm³/mol. The second kappa shape index (κ2) is 6.60. The first-order chi connectivity index (χ1) is 10.2. The van der Waals surface area contributed by atoms with E-state index in [1.165, 1.54) is 14.2 Å². The lowest BCUT2D eigenvalue weighted by molar-refractivity contribution is 0.0464. The molecule has 0 atom stereocenters. The van der Waals surface area contributed by atoms with Gasteiger partial charge in [0.1, 0.15) is 12.3 Å². The minimum atomic E-state index is -0.478.